The van der Waals surface area contributed by atoms with Crippen LogP contribution in [0.15, 0.2) is 12.7 Å². The predicted molar refractivity (Wildman–Crippen MR) is 48.4 cm³/mol. The third-order valence-corrected chi connectivity index (χ3v) is 1.36. The van der Waals surface area contributed by atoms with Gasteiger partial charge in [-0.2, -0.15) is 0 Å². The largest absolute Gasteiger partial charge is 0.274 e. The lowest BCUT2D eigenvalue weighted by atomic mass is 10.3. The van der Waals surface area contributed by atoms with E-state index in [1.165, 1.54) is 0 Å². The summed E-state index contributed by atoms with van der Waals surface area (Å²) < 4.78 is 0. The number of allylic oxidation sites excluding steroid dienone is 1. The SMILES string of the molecule is C=CCCC(=O)NOCCCC. The molecule has 0 saturated heterocycles. The van der Waals surface area contributed by atoms with Gasteiger partial charge in [0.25, 0.3) is 0 Å². The van der Waals surface area contributed by atoms with Crippen molar-refractivity contribution in [1.29, 1.82) is 0 Å². The van der Waals surface area contributed by atoms with Gasteiger partial charge in [0.2, 0.25) is 5.91 Å². The maximum Gasteiger partial charge on any atom is 0.243 e. The first-order valence-corrected chi connectivity index (χ1v) is 4.32. The number of rotatable bonds is 7. The molecule has 0 unspecified atom stereocenters. The van der Waals surface area contributed by atoms with Crippen LogP contribution in [0.3, 0.4) is 0 Å². The Hall–Kier alpha value is -0.830. The van der Waals surface area contributed by atoms with E-state index in [-0.39, 0.29) is 5.91 Å². The van der Waals surface area contributed by atoms with Crippen LogP contribution in [0.1, 0.15) is 32.6 Å². The number of hydrogen-bond acceptors (Lipinski definition) is 2. The molecule has 0 aromatic heterocycles. The van der Waals surface area contributed by atoms with Gasteiger partial charge >= 0.3 is 0 Å². The topological polar surface area (TPSA) is 38.3 Å². The molecule has 0 spiro atoms. The van der Waals surface area contributed by atoms with Crippen LogP contribution in [0.5, 0.6) is 0 Å². The summed E-state index contributed by atoms with van der Waals surface area (Å²) >= 11 is 0. The summed E-state index contributed by atoms with van der Waals surface area (Å²) in [5, 5.41) is 0. The van der Waals surface area contributed by atoms with Crippen LogP contribution < -0.4 is 5.48 Å². The molecule has 70 valence electrons. The van der Waals surface area contributed by atoms with Gasteiger partial charge in [-0.15, -0.1) is 6.58 Å². The molecule has 3 heteroatoms. The van der Waals surface area contributed by atoms with Crippen molar-refractivity contribution in [3.05, 3.63) is 12.7 Å². The Labute approximate surface area is 73.7 Å². The average molecular weight is 171 g/mol. The number of hydroxylamine groups is 1. The molecule has 12 heavy (non-hydrogen) atoms. The number of carbonyl (C=O) groups excluding carboxylic acids is 1. The van der Waals surface area contributed by atoms with E-state index in [0.717, 1.165) is 12.8 Å². The lowest BCUT2D eigenvalue weighted by Gasteiger charge is -2.03. The summed E-state index contributed by atoms with van der Waals surface area (Å²) in [5.41, 5.74) is 2.37. The van der Waals surface area contributed by atoms with Gasteiger partial charge in [0.05, 0.1) is 6.61 Å². The molecular weight excluding hydrogens is 154 g/mol. The minimum atomic E-state index is -0.0778. The molecule has 0 aliphatic carbocycles. The Morgan fingerprint density at radius 1 is 1.67 bits per heavy atom. The van der Waals surface area contributed by atoms with E-state index in [1.807, 2.05) is 0 Å². The van der Waals surface area contributed by atoms with Crippen molar-refractivity contribution in [2.75, 3.05) is 6.61 Å². The van der Waals surface area contributed by atoms with Crippen molar-refractivity contribution in [2.45, 2.75) is 32.6 Å². The van der Waals surface area contributed by atoms with Gasteiger partial charge in [-0.25, -0.2) is 5.48 Å². The Kier molecular flexibility index (Phi) is 7.70. The number of nitrogens with one attached hydrogen (secondary N) is 1. The summed E-state index contributed by atoms with van der Waals surface area (Å²) in [5.74, 6) is -0.0778. The monoisotopic (exact) mass is 171 g/mol. The zero-order chi connectivity index (χ0) is 9.23. The zero-order valence-corrected chi connectivity index (χ0v) is 7.64. The minimum absolute atomic E-state index is 0.0778. The zero-order valence-electron chi connectivity index (χ0n) is 7.64. The molecule has 1 N–H and O–H groups in total. The minimum Gasteiger partial charge on any atom is -0.274 e. The number of unbranched alkanes of at least 4 members (excludes halogenated alkanes) is 1. The van der Waals surface area contributed by atoms with E-state index in [9.17, 15) is 4.79 Å². The molecule has 0 bridgehead atoms. The highest BCUT2D eigenvalue weighted by molar-refractivity contribution is 5.74. The van der Waals surface area contributed by atoms with Crippen molar-refractivity contribution in [1.82, 2.24) is 5.48 Å². The molecule has 0 saturated carbocycles. The Morgan fingerprint density at radius 3 is 3.00 bits per heavy atom. The molecule has 0 rings (SSSR count). The second kappa shape index (κ2) is 8.27. The fourth-order valence-electron chi connectivity index (χ4n) is 0.632. The Bertz CT molecular complexity index is 134. The van der Waals surface area contributed by atoms with E-state index >= 15 is 0 Å². The van der Waals surface area contributed by atoms with Gasteiger partial charge in [-0.05, 0) is 12.8 Å². The van der Waals surface area contributed by atoms with Crippen molar-refractivity contribution in [3.63, 3.8) is 0 Å². The summed E-state index contributed by atoms with van der Waals surface area (Å²) in [6.45, 7) is 6.19. The number of amides is 1. The molecule has 0 aliphatic heterocycles. The number of carbonyl (C=O) groups is 1. The molecule has 0 heterocycles. The van der Waals surface area contributed by atoms with Gasteiger partial charge in [-0.1, -0.05) is 19.4 Å². The second-order valence-corrected chi connectivity index (χ2v) is 2.55. The van der Waals surface area contributed by atoms with Gasteiger partial charge in [-0.3, -0.25) is 9.63 Å². The first-order chi connectivity index (χ1) is 5.81. The highest BCUT2D eigenvalue weighted by Gasteiger charge is 1.97. The van der Waals surface area contributed by atoms with Crippen molar-refractivity contribution >= 4 is 5.91 Å². The quantitative estimate of drug-likeness (QED) is 0.360. The van der Waals surface area contributed by atoms with Crippen LogP contribution >= 0.6 is 0 Å². The molecule has 0 aromatic carbocycles. The normalized spacial score (nSPS) is 9.42. The third-order valence-electron chi connectivity index (χ3n) is 1.36. The second-order valence-electron chi connectivity index (χ2n) is 2.55. The van der Waals surface area contributed by atoms with Gasteiger partial charge < -0.3 is 0 Å². The molecule has 0 aliphatic rings. The lowest BCUT2D eigenvalue weighted by molar-refractivity contribution is -0.133. The van der Waals surface area contributed by atoms with Crippen LogP contribution in [0, 0.1) is 0 Å². The molecule has 0 atom stereocenters. The first kappa shape index (κ1) is 11.2. The highest BCUT2D eigenvalue weighted by atomic mass is 16.6. The van der Waals surface area contributed by atoms with E-state index in [0.29, 0.717) is 19.4 Å². The van der Waals surface area contributed by atoms with Crippen molar-refractivity contribution in [2.24, 2.45) is 0 Å². The highest BCUT2D eigenvalue weighted by Crippen LogP contribution is 1.90. The first-order valence-electron chi connectivity index (χ1n) is 4.32. The van der Waals surface area contributed by atoms with Crippen molar-refractivity contribution < 1.29 is 9.63 Å². The van der Waals surface area contributed by atoms with Crippen LogP contribution in [-0.2, 0) is 9.63 Å². The Morgan fingerprint density at radius 2 is 2.42 bits per heavy atom. The third kappa shape index (κ3) is 7.28. The predicted octanol–water partition coefficient (Wildman–Crippen LogP) is 1.80. The lowest BCUT2D eigenvalue weighted by Crippen LogP contribution is -2.23. The summed E-state index contributed by atoms with van der Waals surface area (Å²) in [4.78, 5) is 15.8. The molecular formula is C9H17NO2. The summed E-state index contributed by atoms with van der Waals surface area (Å²) in [6.07, 6.45) is 4.91. The van der Waals surface area contributed by atoms with Crippen LogP contribution in [0.4, 0.5) is 0 Å². The van der Waals surface area contributed by atoms with Gasteiger partial charge in [0.1, 0.15) is 0 Å². The van der Waals surface area contributed by atoms with Crippen LogP contribution in [0.2, 0.25) is 0 Å². The van der Waals surface area contributed by atoms with Crippen LogP contribution in [0.25, 0.3) is 0 Å². The van der Waals surface area contributed by atoms with Crippen LogP contribution in [-0.4, -0.2) is 12.5 Å². The molecule has 0 aromatic rings. The maximum absolute atomic E-state index is 10.9. The van der Waals surface area contributed by atoms with E-state index in [1.54, 1.807) is 6.08 Å². The summed E-state index contributed by atoms with van der Waals surface area (Å²) in [6, 6.07) is 0. The molecule has 3 nitrogen and oxygen atoms in total. The molecule has 0 fully saturated rings. The molecule has 0 radical (unpaired) electrons. The maximum atomic E-state index is 10.9. The van der Waals surface area contributed by atoms with E-state index < -0.39 is 0 Å². The number of hydrogen-bond donors (Lipinski definition) is 1. The summed E-state index contributed by atoms with van der Waals surface area (Å²) in [7, 11) is 0. The van der Waals surface area contributed by atoms with Crippen molar-refractivity contribution in [3.8, 4) is 0 Å². The van der Waals surface area contributed by atoms with Gasteiger partial charge in [0.15, 0.2) is 0 Å². The average Bonchev–Trinajstić information content (AvgIpc) is 2.09. The van der Waals surface area contributed by atoms with Gasteiger partial charge in [0, 0.05) is 6.42 Å². The Balaban J connectivity index is 3.13. The van der Waals surface area contributed by atoms with E-state index in [2.05, 4.69) is 19.0 Å². The molecule has 1 amide bonds. The van der Waals surface area contributed by atoms with E-state index in [4.69, 9.17) is 4.84 Å². The smallest absolute Gasteiger partial charge is 0.243 e. The standard InChI is InChI=1S/C9H17NO2/c1-3-5-7-9(11)10-12-8-6-4-2/h3H,1,4-8H2,2H3,(H,10,11). The fourth-order valence-corrected chi connectivity index (χ4v) is 0.632. The fraction of sp³-hybridized carbons (Fsp3) is 0.667.